The van der Waals surface area contributed by atoms with E-state index in [0.29, 0.717) is 17.6 Å². The Bertz CT molecular complexity index is 203. The van der Waals surface area contributed by atoms with Crippen LogP contribution < -0.4 is 0 Å². The minimum atomic E-state index is 0.343. The molecule has 10 heavy (non-hydrogen) atoms. The third kappa shape index (κ3) is 0.664. The molecule has 2 rings (SSSR count). The van der Waals surface area contributed by atoms with Crippen molar-refractivity contribution in [1.82, 2.24) is 0 Å². The van der Waals surface area contributed by atoms with E-state index in [4.69, 9.17) is 0 Å². The lowest BCUT2D eigenvalue weighted by atomic mass is 9.94. The van der Waals surface area contributed by atoms with Crippen molar-refractivity contribution in [3.63, 3.8) is 0 Å². The first kappa shape index (κ1) is 6.14. The smallest absolute Gasteiger partial charge is 0.140 e. The van der Waals surface area contributed by atoms with Crippen molar-refractivity contribution < 1.29 is 4.79 Å². The Morgan fingerprint density at radius 1 is 1.50 bits per heavy atom. The van der Waals surface area contributed by atoms with Crippen LogP contribution in [-0.2, 0) is 4.79 Å². The standard InChI is InChI=1S/C9H12O/c1-2-7-3-6-4-8(7)9(10)5-6/h2,6,8H,3-5H2,1H3. The topological polar surface area (TPSA) is 17.1 Å². The van der Waals surface area contributed by atoms with E-state index in [2.05, 4.69) is 6.08 Å². The summed E-state index contributed by atoms with van der Waals surface area (Å²) >= 11 is 0. The highest BCUT2D eigenvalue weighted by Gasteiger charge is 2.41. The molecule has 0 N–H and O–H groups in total. The number of hydrogen-bond acceptors (Lipinski definition) is 1. The number of ketones is 1. The Kier molecular flexibility index (Phi) is 1.19. The number of fused-ring (bicyclic) bond motifs is 2. The fourth-order valence-corrected chi connectivity index (χ4v) is 2.28. The average Bonchev–Trinajstić information content (AvgIpc) is 2.44. The summed E-state index contributed by atoms with van der Waals surface area (Å²) in [5, 5.41) is 0. The highest BCUT2D eigenvalue weighted by molar-refractivity contribution is 5.87. The molecule has 2 fully saturated rings. The molecule has 1 nitrogen and oxygen atoms in total. The number of carbonyl (C=O) groups is 1. The van der Waals surface area contributed by atoms with Crippen molar-refractivity contribution >= 4 is 5.78 Å². The molecule has 2 aliphatic rings. The van der Waals surface area contributed by atoms with Crippen LogP contribution in [0, 0.1) is 11.8 Å². The second kappa shape index (κ2) is 1.94. The number of Topliss-reactive ketones (excluding diaryl/α,β-unsaturated/α-hetero) is 1. The first-order valence-corrected chi connectivity index (χ1v) is 3.99. The molecule has 2 saturated carbocycles. The quantitative estimate of drug-likeness (QED) is 0.465. The molecule has 2 bridgehead atoms. The van der Waals surface area contributed by atoms with Crippen LogP contribution in [0.5, 0.6) is 0 Å². The van der Waals surface area contributed by atoms with Gasteiger partial charge in [-0.25, -0.2) is 0 Å². The molecular weight excluding hydrogens is 124 g/mol. The maximum absolute atomic E-state index is 11.2. The lowest BCUT2D eigenvalue weighted by molar-refractivity contribution is -0.120. The molecule has 2 atom stereocenters. The van der Waals surface area contributed by atoms with Gasteiger partial charge in [0.2, 0.25) is 0 Å². The zero-order valence-corrected chi connectivity index (χ0v) is 6.26. The summed E-state index contributed by atoms with van der Waals surface area (Å²) in [6.45, 7) is 2.04. The Balaban J connectivity index is 2.28. The maximum atomic E-state index is 11.2. The molecule has 2 unspecified atom stereocenters. The first-order chi connectivity index (χ1) is 4.81. The van der Waals surface area contributed by atoms with E-state index in [1.165, 1.54) is 12.0 Å². The Labute approximate surface area is 61.1 Å². The summed E-state index contributed by atoms with van der Waals surface area (Å²) in [6, 6.07) is 0. The third-order valence-corrected chi connectivity index (χ3v) is 2.79. The zero-order chi connectivity index (χ0) is 7.14. The predicted molar refractivity (Wildman–Crippen MR) is 39.6 cm³/mol. The molecule has 0 spiro atoms. The van der Waals surface area contributed by atoms with Crippen LogP contribution in [-0.4, -0.2) is 5.78 Å². The minimum Gasteiger partial charge on any atom is -0.299 e. The lowest BCUT2D eigenvalue weighted by Crippen LogP contribution is -2.10. The number of rotatable bonds is 0. The minimum absolute atomic E-state index is 0.343. The van der Waals surface area contributed by atoms with Gasteiger partial charge in [-0.15, -0.1) is 0 Å². The predicted octanol–water partition coefficient (Wildman–Crippen LogP) is 1.93. The van der Waals surface area contributed by atoms with Crippen molar-refractivity contribution in [3.8, 4) is 0 Å². The second-order valence-corrected chi connectivity index (χ2v) is 3.39. The average molecular weight is 136 g/mol. The van der Waals surface area contributed by atoms with Gasteiger partial charge in [-0.05, 0) is 25.7 Å². The second-order valence-electron chi connectivity index (χ2n) is 3.39. The highest BCUT2D eigenvalue weighted by Crippen LogP contribution is 2.45. The van der Waals surface area contributed by atoms with Crippen LogP contribution in [0.1, 0.15) is 26.2 Å². The van der Waals surface area contributed by atoms with E-state index in [1.54, 1.807) is 0 Å². The van der Waals surface area contributed by atoms with E-state index in [-0.39, 0.29) is 0 Å². The van der Waals surface area contributed by atoms with E-state index in [9.17, 15) is 4.79 Å². The molecule has 54 valence electrons. The monoisotopic (exact) mass is 136 g/mol. The van der Waals surface area contributed by atoms with Crippen LogP contribution in [0.4, 0.5) is 0 Å². The Hall–Kier alpha value is -0.590. The molecule has 2 aliphatic carbocycles. The van der Waals surface area contributed by atoms with Gasteiger partial charge in [0.05, 0.1) is 0 Å². The number of allylic oxidation sites excluding steroid dienone is 2. The van der Waals surface area contributed by atoms with Crippen molar-refractivity contribution in [2.45, 2.75) is 26.2 Å². The van der Waals surface area contributed by atoms with Crippen molar-refractivity contribution in [2.24, 2.45) is 11.8 Å². The third-order valence-electron chi connectivity index (χ3n) is 2.79. The summed E-state index contributed by atoms with van der Waals surface area (Å²) in [4.78, 5) is 11.2. The molecule has 0 saturated heterocycles. The van der Waals surface area contributed by atoms with Gasteiger partial charge in [-0.2, -0.15) is 0 Å². The molecule has 0 aliphatic heterocycles. The summed E-state index contributed by atoms with van der Waals surface area (Å²) in [5.74, 6) is 1.54. The van der Waals surface area contributed by atoms with Crippen LogP contribution in [0.3, 0.4) is 0 Å². The fraction of sp³-hybridized carbons (Fsp3) is 0.667. The van der Waals surface area contributed by atoms with E-state index in [0.717, 1.165) is 12.8 Å². The van der Waals surface area contributed by atoms with Crippen LogP contribution >= 0.6 is 0 Å². The van der Waals surface area contributed by atoms with E-state index >= 15 is 0 Å². The van der Waals surface area contributed by atoms with E-state index in [1.807, 2.05) is 6.92 Å². The molecule has 0 aromatic rings. The van der Waals surface area contributed by atoms with Gasteiger partial charge in [0.15, 0.2) is 0 Å². The molecule has 0 amide bonds. The first-order valence-electron chi connectivity index (χ1n) is 3.99. The molecule has 1 heteroatoms. The largest absolute Gasteiger partial charge is 0.299 e. The van der Waals surface area contributed by atoms with Gasteiger partial charge < -0.3 is 0 Å². The highest BCUT2D eigenvalue weighted by atomic mass is 16.1. The van der Waals surface area contributed by atoms with Crippen molar-refractivity contribution in [3.05, 3.63) is 11.6 Å². The molecule has 0 aromatic heterocycles. The zero-order valence-electron chi connectivity index (χ0n) is 6.26. The Morgan fingerprint density at radius 3 is 2.70 bits per heavy atom. The molecule has 0 aromatic carbocycles. The SMILES string of the molecule is CC=C1CC2CC(=O)C1C2. The van der Waals surface area contributed by atoms with Gasteiger partial charge in [0.25, 0.3) is 0 Å². The van der Waals surface area contributed by atoms with E-state index < -0.39 is 0 Å². The van der Waals surface area contributed by atoms with Gasteiger partial charge in [-0.1, -0.05) is 11.6 Å². The number of carbonyl (C=O) groups excluding carboxylic acids is 1. The molecule has 0 radical (unpaired) electrons. The number of hydrogen-bond donors (Lipinski definition) is 0. The van der Waals surface area contributed by atoms with Crippen molar-refractivity contribution in [1.29, 1.82) is 0 Å². The van der Waals surface area contributed by atoms with Crippen LogP contribution in [0.25, 0.3) is 0 Å². The summed E-state index contributed by atoms with van der Waals surface area (Å²) in [6.07, 6.45) is 5.34. The van der Waals surface area contributed by atoms with Crippen LogP contribution in [0.15, 0.2) is 11.6 Å². The molecular formula is C9H12O. The fourth-order valence-electron chi connectivity index (χ4n) is 2.28. The lowest BCUT2D eigenvalue weighted by Gasteiger charge is -2.10. The summed E-state index contributed by atoms with van der Waals surface area (Å²) in [5.41, 5.74) is 1.40. The van der Waals surface area contributed by atoms with Gasteiger partial charge in [0, 0.05) is 12.3 Å². The Morgan fingerprint density at radius 2 is 2.30 bits per heavy atom. The van der Waals surface area contributed by atoms with Gasteiger partial charge in [0.1, 0.15) is 5.78 Å². The van der Waals surface area contributed by atoms with Gasteiger partial charge in [-0.3, -0.25) is 4.79 Å². The normalized spacial score (nSPS) is 41.7. The van der Waals surface area contributed by atoms with Crippen molar-refractivity contribution in [2.75, 3.05) is 0 Å². The van der Waals surface area contributed by atoms with Crippen LogP contribution in [0.2, 0.25) is 0 Å². The molecule has 0 heterocycles. The van der Waals surface area contributed by atoms with Gasteiger partial charge >= 0.3 is 0 Å². The summed E-state index contributed by atoms with van der Waals surface area (Å²) < 4.78 is 0. The summed E-state index contributed by atoms with van der Waals surface area (Å²) in [7, 11) is 0. The maximum Gasteiger partial charge on any atom is 0.140 e.